The van der Waals surface area contributed by atoms with Crippen LogP contribution < -0.4 is 5.32 Å². The van der Waals surface area contributed by atoms with Gasteiger partial charge < -0.3 is 15.3 Å². The minimum Gasteiger partial charge on any atom is -0.395 e. The molecule has 2 N–H and O–H groups in total. The molecule has 0 heterocycles. The van der Waals surface area contributed by atoms with E-state index in [0.717, 1.165) is 12.1 Å². The van der Waals surface area contributed by atoms with Crippen LogP contribution >= 0.6 is 0 Å². The van der Waals surface area contributed by atoms with Crippen LogP contribution in [0.5, 0.6) is 0 Å². The van der Waals surface area contributed by atoms with Gasteiger partial charge in [0.05, 0.1) is 6.61 Å². The first-order chi connectivity index (χ1) is 9.17. The van der Waals surface area contributed by atoms with Gasteiger partial charge in [0.2, 0.25) is 5.91 Å². The Kier molecular flexibility index (Phi) is 7.15. The van der Waals surface area contributed by atoms with Gasteiger partial charge in [-0.3, -0.25) is 4.79 Å². The summed E-state index contributed by atoms with van der Waals surface area (Å²) < 4.78 is 0. The van der Waals surface area contributed by atoms with Crippen LogP contribution in [0, 0.1) is 0 Å². The van der Waals surface area contributed by atoms with E-state index >= 15 is 0 Å². The fraction of sp³-hybridized carbons (Fsp3) is 0.533. The molecule has 0 saturated carbocycles. The maximum atomic E-state index is 12.2. The Labute approximate surface area is 115 Å². The highest BCUT2D eigenvalue weighted by Gasteiger charge is 2.16. The zero-order chi connectivity index (χ0) is 14.1. The van der Waals surface area contributed by atoms with E-state index in [4.69, 9.17) is 5.11 Å². The molecule has 0 radical (unpaired) electrons. The van der Waals surface area contributed by atoms with Gasteiger partial charge in [-0.25, -0.2) is 0 Å². The molecule has 0 bridgehead atoms. The van der Waals surface area contributed by atoms with Crippen LogP contribution in [0.3, 0.4) is 0 Å². The molecule has 1 rings (SSSR count). The molecule has 0 aromatic heterocycles. The Balaban J connectivity index is 2.58. The van der Waals surface area contributed by atoms with Crippen LogP contribution in [0.1, 0.15) is 25.8 Å². The summed E-state index contributed by atoms with van der Waals surface area (Å²) in [7, 11) is 0. The average molecular weight is 264 g/mol. The third kappa shape index (κ3) is 5.85. The first-order valence-corrected chi connectivity index (χ1v) is 6.83. The van der Waals surface area contributed by atoms with Crippen LogP contribution in [0.4, 0.5) is 0 Å². The van der Waals surface area contributed by atoms with E-state index in [2.05, 4.69) is 5.32 Å². The average Bonchev–Trinajstić information content (AvgIpc) is 2.39. The SMILES string of the molecule is CCNC(C)CC(=O)N(CCO)Cc1ccccc1. The maximum Gasteiger partial charge on any atom is 0.224 e. The second kappa shape index (κ2) is 8.67. The van der Waals surface area contributed by atoms with Crippen LogP contribution in [0.15, 0.2) is 30.3 Å². The van der Waals surface area contributed by atoms with Crippen molar-refractivity contribution in [2.75, 3.05) is 19.7 Å². The number of amides is 1. The zero-order valence-electron chi connectivity index (χ0n) is 11.8. The number of hydrogen-bond donors (Lipinski definition) is 2. The molecule has 1 amide bonds. The van der Waals surface area contributed by atoms with Gasteiger partial charge in [-0.2, -0.15) is 0 Å². The molecule has 4 nitrogen and oxygen atoms in total. The molecule has 1 atom stereocenters. The van der Waals surface area contributed by atoms with Crippen molar-refractivity contribution in [3.05, 3.63) is 35.9 Å². The van der Waals surface area contributed by atoms with E-state index in [1.54, 1.807) is 4.90 Å². The molecular formula is C15H24N2O2. The summed E-state index contributed by atoms with van der Waals surface area (Å²) in [5.41, 5.74) is 1.08. The van der Waals surface area contributed by atoms with Crippen molar-refractivity contribution < 1.29 is 9.90 Å². The molecule has 1 aromatic rings. The molecule has 0 fully saturated rings. The lowest BCUT2D eigenvalue weighted by atomic mass is 10.1. The van der Waals surface area contributed by atoms with Crippen LogP contribution in [-0.4, -0.2) is 41.7 Å². The number of nitrogens with zero attached hydrogens (tertiary/aromatic N) is 1. The second-order valence-electron chi connectivity index (χ2n) is 4.69. The van der Waals surface area contributed by atoms with Crippen LogP contribution in [-0.2, 0) is 11.3 Å². The molecule has 1 aromatic carbocycles. The molecule has 0 aliphatic rings. The Bertz CT molecular complexity index is 368. The maximum absolute atomic E-state index is 12.2. The summed E-state index contributed by atoms with van der Waals surface area (Å²) in [6.07, 6.45) is 0.459. The lowest BCUT2D eigenvalue weighted by Crippen LogP contribution is -2.38. The summed E-state index contributed by atoms with van der Waals surface area (Å²) in [5.74, 6) is 0.0753. The quantitative estimate of drug-likeness (QED) is 0.746. The number of hydrogen-bond acceptors (Lipinski definition) is 3. The van der Waals surface area contributed by atoms with Gasteiger partial charge in [0, 0.05) is 25.6 Å². The number of aliphatic hydroxyl groups excluding tert-OH is 1. The summed E-state index contributed by atoms with van der Waals surface area (Å²) in [6, 6.07) is 10.0. The smallest absolute Gasteiger partial charge is 0.224 e. The number of nitrogens with one attached hydrogen (secondary N) is 1. The third-order valence-corrected chi connectivity index (χ3v) is 2.97. The standard InChI is InChI=1S/C15H24N2O2/c1-3-16-13(2)11-15(19)17(9-10-18)12-14-7-5-4-6-8-14/h4-8,13,16,18H,3,9-12H2,1-2H3. The van der Waals surface area contributed by atoms with Crippen molar-refractivity contribution in [3.63, 3.8) is 0 Å². The number of carbonyl (C=O) groups is 1. The van der Waals surface area contributed by atoms with Crippen LogP contribution in [0.2, 0.25) is 0 Å². The van der Waals surface area contributed by atoms with Gasteiger partial charge in [0.25, 0.3) is 0 Å². The molecular weight excluding hydrogens is 240 g/mol. The molecule has 4 heteroatoms. The van der Waals surface area contributed by atoms with Gasteiger partial charge in [-0.1, -0.05) is 37.3 Å². The van der Waals surface area contributed by atoms with Crippen molar-refractivity contribution in [1.82, 2.24) is 10.2 Å². The molecule has 0 spiro atoms. The Morgan fingerprint density at radius 3 is 2.63 bits per heavy atom. The minimum absolute atomic E-state index is 0.00579. The molecule has 0 aliphatic carbocycles. The molecule has 19 heavy (non-hydrogen) atoms. The number of carbonyl (C=O) groups excluding carboxylic acids is 1. The lowest BCUT2D eigenvalue weighted by molar-refractivity contribution is -0.132. The molecule has 1 unspecified atom stereocenters. The fourth-order valence-corrected chi connectivity index (χ4v) is 2.03. The van der Waals surface area contributed by atoms with Gasteiger partial charge in [0.15, 0.2) is 0 Å². The lowest BCUT2D eigenvalue weighted by Gasteiger charge is -2.24. The van der Waals surface area contributed by atoms with Crippen molar-refractivity contribution in [2.45, 2.75) is 32.9 Å². The van der Waals surface area contributed by atoms with E-state index in [0.29, 0.717) is 19.5 Å². The Morgan fingerprint density at radius 2 is 2.05 bits per heavy atom. The molecule has 106 valence electrons. The summed E-state index contributed by atoms with van der Waals surface area (Å²) in [6.45, 7) is 5.81. The van der Waals surface area contributed by atoms with E-state index in [-0.39, 0.29) is 18.6 Å². The first kappa shape index (κ1) is 15.7. The van der Waals surface area contributed by atoms with Crippen molar-refractivity contribution in [2.24, 2.45) is 0 Å². The number of rotatable bonds is 8. The van der Waals surface area contributed by atoms with Gasteiger partial charge >= 0.3 is 0 Å². The highest BCUT2D eigenvalue weighted by Crippen LogP contribution is 2.07. The van der Waals surface area contributed by atoms with E-state index in [1.165, 1.54) is 0 Å². The van der Waals surface area contributed by atoms with Crippen LogP contribution in [0.25, 0.3) is 0 Å². The van der Waals surface area contributed by atoms with Crippen molar-refractivity contribution in [1.29, 1.82) is 0 Å². The van der Waals surface area contributed by atoms with Gasteiger partial charge in [-0.05, 0) is 19.0 Å². The Hall–Kier alpha value is -1.39. The number of benzene rings is 1. The summed E-state index contributed by atoms with van der Waals surface area (Å²) in [5, 5.41) is 12.3. The predicted octanol–water partition coefficient (Wildman–Crippen LogP) is 1.40. The highest BCUT2D eigenvalue weighted by molar-refractivity contribution is 5.76. The van der Waals surface area contributed by atoms with Crippen molar-refractivity contribution >= 4 is 5.91 Å². The molecule has 0 saturated heterocycles. The summed E-state index contributed by atoms with van der Waals surface area (Å²) >= 11 is 0. The highest BCUT2D eigenvalue weighted by atomic mass is 16.3. The molecule has 0 aliphatic heterocycles. The Morgan fingerprint density at radius 1 is 1.37 bits per heavy atom. The first-order valence-electron chi connectivity index (χ1n) is 6.83. The van der Waals surface area contributed by atoms with Gasteiger partial charge in [-0.15, -0.1) is 0 Å². The normalized spacial score (nSPS) is 12.2. The topological polar surface area (TPSA) is 52.6 Å². The minimum atomic E-state index is -0.00579. The summed E-state index contributed by atoms with van der Waals surface area (Å²) in [4.78, 5) is 13.9. The third-order valence-electron chi connectivity index (χ3n) is 2.97. The van der Waals surface area contributed by atoms with E-state index in [1.807, 2.05) is 44.2 Å². The largest absolute Gasteiger partial charge is 0.395 e. The predicted molar refractivity (Wildman–Crippen MR) is 76.7 cm³/mol. The fourth-order valence-electron chi connectivity index (χ4n) is 2.03. The van der Waals surface area contributed by atoms with Crippen molar-refractivity contribution in [3.8, 4) is 0 Å². The van der Waals surface area contributed by atoms with E-state index < -0.39 is 0 Å². The van der Waals surface area contributed by atoms with E-state index in [9.17, 15) is 4.79 Å². The zero-order valence-corrected chi connectivity index (χ0v) is 11.8. The second-order valence-corrected chi connectivity index (χ2v) is 4.69. The number of aliphatic hydroxyl groups is 1. The van der Waals surface area contributed by atoms with Gasteiger partial charge in [0.1, 0.15) is 0 Å². The monoisotopic (exact) mass is 264 g/mol.